The zero-order valence-electron chi connectivity index (χ0n) is 16.2. The van der Waals surface area contributed by atoms with Crippen LogP contribution in [-0.2, 0) is 9.09 Å². The van der Waals surface area contributed by atoms with E-state index in [0.29, 0.717) is 0 Å². The second-order valence-electron chi connectivity index (χ2n) is 9.65. The summed E-state index contributed by atoms with van der Waals surface area (Å²) in [6.07, 6.45) is 1.79. The first-order valence-corrected chi connectivity index (χ1v) is 11.8. The van der Waals surface area contributed by atoms with Crippen molar-refractivity contribution in [1.29, 1.82) is 0 Å². The molecule has 0 aromatic rings. The molecule has 1 unspecified atom stereocenters. The van der Waals surface area contributed by atoms with Crippen LogP contribution in [0.3, 0.4) is 0 Å². The SMILES string of the molecule is CC(C)(C)CC(C)(C)OP(=O)(S)SC(C)(C)CC(C)(C)C.[SnH2]. The van der Waals surface area contributed by atoms with Crippen molar-refractivity contribution < 1.29 is 9.09 Å². The van der Waals surface area contributed by atoms with Crippen molar-refractivity contribution in [2.45, 2.75) is 92.4 Å². The van der Waals surface area contributed by atoms with Crippen LogP contribution in [0.5, 0.6) is 0 Å². The molecule has 2 nitrogen and oxygen atoms in total. The molecule has 0 rings (SSSR count). The van der Waals surface area contributed by atoms with Gasteiger partial charge >= 0.3 is 29.7 Å². The molecule has 0 aromatic heterocycles. The van der Waals surface area contributed by atoms with E-state index in [2.05, 4.69) is 67.6 Å². The van der Waals surface area contributed by atoms with E-state index in [1.807, 2.05) is 13.8 Å². The van der Waals surface area contributed by atoms with Crippen LogP contribution in [-0.4, -0.2) is 34.3 Å². The zero-order valence-corrected chi connectivity index (χ0v) is 22.9. The van der Waals surface area contributed by atoms with Crippen molar-refractivity contribution in [3.8, 4) is 0 Å². The van der Waals surface area contributed by atoms with Crippen LogP contribution in [0, 0.1) is 10.8 Å². The van der Waals surface area contributed by atoms with Gasteiger partial charge < -0.3 is 4.52 Å². The van der Waals surface area contributed by atoms with Crippen LogP contribution < -0.4 is 0 Å². The molecular formula is C16H37O2PS2Sn. The average molecular weight is 475 g/mol. The Morgan fingerprint density at radius 2 is 1.23 bits per heavy atom. The fourth-order valence-electron chi connectivity index (χ4n) is 3.26. The van der Waals surface area contributed by atoms with Gasteiger partial charge in [0.15, 0.2) is 0 Å². The average Bonchev–Trinajstić information content (AvgIpc) is 1.83. The van der Waals surface area contributed by atoms with E-state index in [9.17, 15) is 4.57 Å². The first kappa shape index (κ1) is 25.9. The third-order valence-electron chi connectivity index (χ3n) is 2.64. The summed E-state index contributed by atoms with van der Waals surface area (Å²) in [5.74, 6) is -3.00. The molecular weight excluding hydrogens is 438 g/mol. The Labute approximate surface area is 165 Å². The van der Waals surface area contributed by atoms with Gasteiger partial charge in [-0.25, -0.2) is 0 Å². The molecule has 0 bridgehead atoms. The van der Waals surface area contributed by atoms with E-state index < -0.39 is 11.4 Å². The second kappa shape index (κ2) is 8.38. The molecule has 0 aromatic carbocycles. The van der Waals surface area contributed by atoms with Crippen molar-refractivity contribution in [1.82, 2.24) is 0 Å². The van der Waals surface area contributed by atoms with Crippen molar-refractivity contribution in [3.05, 3.63) is 0 Å². The Bertz CT molecular complexity index is 362. The molecule has 0 amide bonds. The second-order valence-corrected chi connectivity index (χ2v) is 16.4. The maximum absolute atomic E-state index is 12.8. The summed E-state index contributed by atoms with van der Waals surface area (Å²) in [4.78, 5) is 0. The van der Waals surface area contributed by atoms with E-state index in [1.165, 1.54) is 11.4 Å². The minimum atomic E-state index is -3.00. The van der Waals surface area contributed by atoms with Crippen molar-refractivity contribution in [3.63, 3.8) is 0 Å². The summed E-state index contributed by atoms with van der Waals surface area (Å²) in [7, 11) is 0. The molecule has 0 fully saturated rings. The van der Waals surface area contributed by atoms with Gasteiger partial charge in [0.1, 0.15) is 0 Å². The van der Waals surface area contributed by atoms with Gasteiger partial charge in [-0.2, -0.15) is 0 Å². The normalized spacial score (nSPS) is 16.9. The molecule has 1 atom stereocenters. The van der Waals surface area contributed by atoms with Gasteiger partial charge in [0.2, 0.25) is 0 Å². The fourth-order valence-corrected chi connectivity index (χ4v) is 10.5. The molecule has 0 spiro atoms. The summed E-state index contributed by atoms with van der Waals surface area (Å²) in [6.45, 7) is 21.3. The predicted octanol–water partition coefficient (Wildman–Crippen LogP) is 6.29. The van der Waals surface area contributed by atoms with Gasteiger partial charge in [0, 0.05) is 4.75 Å². The molecule has 22 heavy (non-hydrogen) atoms. The van der Waals surface area contributed by atoms with Crippen molar-refractivity contribution in [2.75, 3.05) is 0 Å². The standard InChI is InChI=1S/C16H35O2PS2.Sn.2H/c1-13(2,3)11-15(7,8)18-19(17,20)21-16(9,10)12-14(4,5)6;;;/h11-12H2,1-10H3,(H,17,20);;;. The summed E-state index contributed by atoms with van der Waals surface area (Å²) in [5.41, 5.74) is -0.131. The number of rotatable bonds is 6. The third kappa shape index (κ3) is 14.1. The van der Waals surface area contributed by atoms with E-state index in [4.69, 9.17) is 4.52 Å². The predicted molar refractivity (Wildman–Crippen MR) is 110 cm³/mol. The van der Waals surface area contributed by atoms with E-state index in [0.717, 1.165) is 12.8 Å². The summed E-state index contributed by atoms with van der Waals surface area (Å²) < 4.78 is 18.6. The Kier molecular flexibility index (Phi) is 9.87. The number of hydrogen-bond acceptors (Lipinski definition) is 3. The Hall–Kier alpha value is 1.69. The zero-order chi connectivity index (χ0) is 17.3. The molecule has 6 heteroatoms. The maximum atomic E-state index is 12.8. The van der Waals surface area contributed by atoms with Crippen LogP contribution in [0.2, 0.25) is 0 Å². The summed E-state index contributed by atoms with van der Waals surface area (Å²) >= 11 is 5.75. The monoisotopic (exact) mass is 476 g/mol. The molecule has 0 N–H and O–H groups in total. The molecule has 134 valence electrons. The quantitative estimate of drug-likeness (QED) is 0.278. The van der Waals surface area contributed by atoms with Gasteiger partial charge in [0.05, 0.1) is 5.60 Å². The van der Waals surface area contributed by atoms with Gasteiger partial charge in [-0.15, -0.1) is 0 Å². The van der Waals surface area contributed by atoms with E-state index >= 15 is 0 Å². The van der Waals surface area contributed by atoms with Crippen LogP contribution in [0.4, 0.5) is 0 Å². The molecule has 0 heterocycles. The third-order valence-corrected chi connectivity index (χ3v) is 7.61. The van der Waals surface area contributed by atoms with Crippen LogP contribution in [0.15, 0.2) is 0 Å². The van der Waals surface area contributed by atoms with E-state index in [1.54, 1.807) is 0 Å². The Morgan fingerprint density at radius 3 is 1.55 bits per heavy atom. The van der Waals surface area contributed by atoms with Crippen molar-refractivity contribution in [2.24, 2.45) is 10.8 Å². The Morgan fingerprint density at radius 1 is 0.864 bits per heavy atom. The van der Waals surface area contributed by atoms with E-state index in [-0.39, 0.29) is 39.5 Å². The molecule has 0 aliphatic heterocycles. The number of thiol groups is 1. The molecule has 0 aliphatic rings. The molecule has 0 saturated carbocycles. The van der Waals surface area contributed by atoms with Gasteiger partial charge in [-0.1, -0.05) is 79.0 Å². The van der Waals surface area contributed by atoms with Crippen LogP contribution in [0.1, 0.15) is 82.1 Å². The topological polar surface area (TPSA) is 26.3 Å². The molecule has 2 radical (unpaired) electrons. The summed E-state index contributed by atoms with van der Waals surface area (Å²) in [5, 5.41) is 0. The van der Waals surface area contributed by atoms with Gasteiger partial charge in [-0.3, -0.25) is 4.57 Å². The fraction of sp³-hybridized carbons (Fsp3) is 1.00. The van der Waals surface area contributed by atoms with Crippen molar-refractivity contribution >= 4 is 53.3 Å². The molecule has 0 saturated heterocycles. The molecule has 0 aliphatic carbocycles. The first-order chi connectivity index (χ1) is 8.83. The first-order valence-electron chi connectivity index (χ1n) is 7.57. The number of hydrogen-bond donors (Lipinski definition) is 1. The summed E-state index contributed by atoms with van der Waals surface area (Å²) in [6, 6.07) is 0. The Balaban J connectivity index is 0. The van der Waals surface area contributed by atoms with Crippen LogP contribution in [0.25, 0.3) is 0 Å². The van der Waals surface area contributed by atoms with Crippen LogP contribution >= 0.6 is 29.4 Å². The van der Waals surface area contributed by atoms with Gasteiger partial charge in [-0.05, 0) is 37.5 Å². The minimum absolute atomic E-state index is 0. The van der Waals surface area contributed by atoms with Gasteiger partial charge in [0.25, 0.3) is 0 Å².